The lowest BCUT2D eigenvalue weighted by molar-refractivity contribution is -0.121. The first-order valence-electron chi connectivity index (χ1n) is 8.13. The topological polar surface area (TPSA) is 77.1 Å². The van der Waals surface area contributed by atoms with Crippen LogP contribution in [0.1, 0.15) is 11.1 Å². The van der Waals surface area contributed by atoms with Crippen molar-refractivity contribution in [3.05, 3.63) is 63.5 Å². The van der Waals surface area contributed by atoms with Crippen LogP contribution in [-0.4, -0.2) is 28.0 Å². The van der Waals surface area contributed by atoms with E-state index in [0.717, 1.165) is 21.1 Å². The fourth-order valence-electron chi connectivity index (χ4n) is 2.23. The number of benzene rings is 1. The number of hydrogen-bond donors (Lipinski definition) is 1. The van der Waals surface area contributed by atoms with Gasteiger partial charge < -0.3 is 9.73 Å². The molecule has 3 rings (SSSR count). The Morgan fingerprint density at radius 3 is 2.85 bits per heavy atom. The molecular formula is C18H19N3O3S2. The average molecular weight is 390 g/mol. The minimum atomic E-state index is -0.628. The van der Waals surface area contributed by atoms with E-state index in [4.69, 9.17) is 4.42 Å². The van der Waals surface area contributed by atoms with Crippen LogP contribution in [0.15, 0.2) is 51.0 Å². The summed E-state index contributed by atoms with van der Waals surface area (Å²) in [4.78, 5) is 24.5. The average Bonchev–Trinajstić information content (AvgIpc) is 3.27. The van der Waals surface area contributed by atoms with Crippen LogP contribution in [0.5, 0.6) is 0 Å². The van der Waals surface area contributed by atoms with Crippen molar-refractivity contribution in [2.75, 3.05) is 12.3 Å². The van der Waals surface area contributed by atoms with Crippen molar-refractivity contribution in [3.63, 3.8) is 0 Å². The largest absolute Gasteiger partial charge is 0.437 e. The Bertz CT molecular complexity index is 899. The highest BCUT2D eigenvalue weighted by Crippen LogP contribution is 2.20. The maximum atomic E-state index is 12.0. The molecule has 0 saturated carbocycles. The van der Waals surface area contributed by atoms with E-state index in [1.807, 2.05) is 17.5 Å². The van der Waals surface area contributed by atoms with Gasteiger partial charge in [0.05, 0.1) is 4.88 Å². The lowest BCUT2D eigenvalue weighted by Crippen LogP contribution is -2.32. The zero-order valence-electron chi connectivity index (χ0n) is 14.3. The summed E-state index contributed by atoms with van der Waals surface area (Å²) >= 11 is 3.17. The Morgan fingerprint density at radius 2 is 2.12 bits per heavy atom. The van der Waals surface area contributed by atoms with Crippen molar-refractivity contribution in [2.45, 2.75) is 19.2 Å². The number of aryl methyl sites for hydroxylation is 1. The molecule has 1 N–H and O–H groups in total. The van der Waals surface area contributed by atoms with E-state index < -0.39 is 5.76 Å². The van der Waals surface area contributed by atoms with Crippen molar-refractivity contribution >= 4 is 29.0 Å². The molecule has 3 aromatic rings. The van der Waals surface area contributed by atoms with Gasteiger partial charge in [0.25, 0.3) is 5.89 Å². The van der Waals surface area contributed by atoms with Crippen molar-refractivity contribution in [3.8, 4) is 10.8 Å². The van der Waals surface area contributed by atoms with Crippen LogP contribution < -0.4 is 11.1 Å². The van der Waals surface area contributed by atoms with Gasteiger partial charge in [0.2, 0.25) is 5.91 Å². The van der Waals surface area contributed by atoms with E-state index in [1.165, 1.54) is 22.5 Å². The molecule has 26 heavy (non-hydrogen) atoms. The Balaban J connectivity index is 1.40. The van der Waals surface area contributed by atoms with Crippen LogP contribution in [0.25, 0.3) is 10.8 Å². The number of aromatic nitrogens is 2. The maximum Gasteiger partial charge on any atom is 0.437 e. The second-order valence-electron chi connectivity index (χ2n) is 5.70. The molecule has 8 heteroatoms. The van der Waals surface area contributed by atoms with Crippen LogP contribution in [0, 0.1) is 6.92 Å². The first-order chi connectivity index (χ1) is 12.6. The van der Waals surface area contributed by atoms with E-state index in [2.05, 4.69) is 41.6 Å². The standard InChI is InChI=1S/C18H19N3O3S2/c1-13-4-6-14(7-5-13)12-25-10-8-19-16(22)11-21-18(23)24-17(20-21)15-3-2-9-26-15/h2-7,9H,8,10-12H2,1H3,(H,19,22). The van der Waals surface area contributed by atoms with Crippen molar-refractivity contribution in [1.29, 1.82) is 0 Å². The molecule has 0 spiro atoms. The molecule has 0 aliphatic carbocycles. The third-order valence-electron chi connectivity index (χ3n) is 3.59. The summed E-state index contributed by atoms with van der Waals surface area (Å²) in [6.07, 6.45) is 0. The van der Waals surface area contributed by atoms with Gasteiger partial charge >= 0.3 is 5.76 Å². The predicted octanol–water partition coefficient (Wildman–Crippen LogP) is 2.92. The van der Waals surface area contributed by atoms with Gasteiger partial charge in [-0.25, -0.2) is 4.79 Å². The molecule has 136 valence electrons. The number of nitrogens with zero attached hydrogens (tertiary/aromatic N) is 2. The number of carbonyl (C=O) groups is 1. The van der Waals surface area contributed by atoms with Gasteiger partial charge in [-0.2, -0.15) is 16.4 Å². The highest BCUT2D eigenvalue weighted by atomic mass is 32.2. The molecular weight excluding hydrogens is 370 g/mol. The molecule has 1 aromatic carbocycles. The summed E-state index contributed by atoms with van der Waals surface area (Å²) in [7, 11) is 0. The fourth-order valence-corrected chi connectivity index (χ4v) is 3.70. The second kappa shape index (κ2) is 8.86. The van der Waals surface area contributed by atoms with Crippen LogP contribution in [0.2, 0.25) is 0 Å². The molecule has 6 nitrogen and oxygen atoms in total. The lowest BCUT2D eigenvalue weighted by Gasteiger charge is -2.05. The monoisotopic (exact) mass is 389 g/mol. The van der Waals surface area contributed by atoms with E-state index in [0.29, 0.717) is 6.54 Å². The van der Waals surface area contributed by atoms with Crippen molar-refractivity contribution < 1.29 is 9.21 Å². The summed E-state index contributed by atoms with van der Waals surface area (Å²) in [5.74, 6) is 1.06. The molecule has 0 unspecified atom stereocenters. The van der Waals surface area contributed by atoms with E-state index in [9.17, 15) is 9.59 Å². The zero-order chi connectivity index (χ0) is 18.4. The Labute approximate surface area is 159 Å². The van der Waals surface area contributed by atoms with E-state index in [1.54, 1.807) is 11.8 Å². The number of hydrogen-bond acceptors (Lipinski definition) is 6. The third kappa shape index (κ3) is 5.09. The zero-order valence-corrected chi connectivity index (χ0v) is 15.9. The first kappa shape index (κ1) is 18.5. The summed E-state index contributed by atoms with van der Waals surface area (Å²) in [6.45, 7) is 2.46. The molecule has 2 aromatic heterocycles. The van der Waals surface area contributed by atoms with Gasteiger partial charge in [-0.1, -0.05) is 35.9 Å². The van der Waals surface area contributed by atoms with Gasteiger partial charge in [0.1, 0.15) is 6.54 Å². The molecule has 0 saturated heterocycles. The Kier molecular flexibility index (Phi) is 6.30. The summed E-state index contributed by atoms with van der Waals surface area (Å²) < 4.78 is 6.13. The minimum absolute atomic E-state index is 0.143. The predicted molar refractivity (Wildman–Crippen MR) is 104 cm³/mol. The number of rotatable bonds is 8. The minimum Gasteiger partial charge on any atom is -0.387 e. The van der Waals surface area contributed by atoms with Gasteiger partial charge in [-0.3, -0.25) is 4.79 Å². The highest BCUT2D eigenvalue weighted by molar-refractivity contribution is 7.98. The van der Waals surface area contributed by atoms with Gasteiger partial charge in [-0.15, -0.1) is 16.4 Å². The Hall–Kier alpha value is -2.32. The molecule has 2 heterocycles. The number of carbonyl (C=O) groups excluding carboxylic acids is 1. The fraction of sp³-hybridized carbons (Fsp3) is 0.278. The molecule has 0 bridgehead atoms. The summed E-state index contributed by atoms with van der Waals surface area (Å²) in [5.41, 5.74) is 2.51. The quantitative estimate of drug-likeness (QED) is 0.600. The van der Waals surface area contributed by atoms with E-state index in [-0.39, 0.29) is 18.3 Å². The number of amides is 1. The van der Waals surface area contributed by atoms with Crippen LogP contribution >= 0.6 is 23.1 Å². The van der Waals surface area contributed by atoms with Crippen LogP contribution in [-0.2, 0) is 17.1 Å². The van der Waals surface area contributed by atoms with Crippen molar-refractivity contribution in [1.82, 2.24) is 15.1 Å². The molecule has 0 fully saturated rings. The number of nitrogens with one attached hydrogen (secondary N) is 1. The molecule has 1 amide bonds. The summed E-state index contributed by atoms with van der Waals surface area (Å²) in [6, 6.07) is 12.1. The van der Waals surface area contributed by atoms with Crippen LogP contribution in [0.4, 0.5) is 0 Å². The third-order valence-corrected chi connectivity index (χ3v) is 5.48. The first-order valence-corrected chi connectivity index (χ1v) is 10.2. The number of thiophene rings is 1. The molecule has 0 aliphatic heterocycles. The van der Waals surface area contributed by atoms with E-state index >= 15 is 0 Å². The lowest BCUT2D eigenvalue weighted by atomic mass is 10.2. The second-order valence-corrected chi connectivity index (χ2v) is 7.75. The smallest absolute Gasteiger partial charge is 0.387 e. The molecule has 0 aliphatic rings. The van der Waals surface area contributed by atoms with Gasteiger partial charge in [0, 0.05) is 18.1 Å². The SMILES string of the molecule is Cc1ccc(CSCCNC(=O)Cn2nc(-c3cccs3)oc2=O)cc1. The normalized spacial score (nSPS) is 10.8. The van der Waals surface area contributed by atoms with Crippen molar-refractivity contribution in [2.24, 2.45) is 0 Å². The molecule has 0 radical (unpaired) electrons. The molecule has 0 atom stereocenters. The highest BCUT2D eigenvalue weighted by Gasteiger charge is 2.13. The van der Waals surface area contributed by atoms with Crippen LogP contribution in [0.3, 0.4) is 0 Å². The summed E-state index contributed by atoms with van der Waals surface area (Å²) in [5, 5.41) is 8.73. The number of thioether (sulfide) groups is 1. The van der Waals surface area contributed by atoms with Gasteiger partial charge in [0.15, 0.2) is 0 Å². The van der Waals surface area contributed by atoms with Gasteiger partial charge in [-0.05, 0) is 23.9 Å². The Morgan fingerprint density at radius 1 is 1.31 bits per heavy atom. The maximum absolute atomic E-state index is 12.0.